The molecule has 1 unspecified atom stereocenters. The maximum atomic E-state index is 12.9. The number of ether oxygens (including phenoxy) is 1. The van der Waals surface area contributed by atoms with Crippen LogP contribution in [0.3, 0.4) is 0 Å². The monoisotopic (exact) mass is 401 g/mol. The number of amides is 1. The number of rotatable bonds is 6. The van der Waals surface area contributed by atoms with Crippen molar-refractivity contribution >= 4 is 29.3 Å². The van der Waals surface area contributed by atoms with Gasteiger partial charge in [-0.1, -0.05) is 29.8 Å². The van der Waals surface area contributed by atoms with Crippen molar-refractivity contribution in [3.8, 4) is 5.69 Å². The largest absolute Gasteiger partial charge is 0.462 e. The molecular weight excluding hydrogens is 382 g/mol. The normalized spacial score (nSPS) is 11.9. The number of esters is 1. The number of hydrogen-bond donors (Lipinski definition) is 1. The molecule has 3 rings (SSSR count). The Hall–Kier alpha value is -3.13. The van der Waals surface area contributed by atoms with Crippen LogP contribution < -0.4 is 5.32 Å². The molecule has 2 heterocycles. The third-order valence-electron chi connectivity index (χ3n) is 4.24. The topological polar surface area (TPSA) is 91.0 Å². The Morgan fingerprint density at radius 3 is 2.54 bits per heavy atom. The number of para-hydroxylation sites is 1. The molecule has 1 N–H and O–H groups in total. The zero-order chi connectivity index (χ0) is 20.3. The van der Waals surface area contributed by atoms with Crippen LogP contribution in [0.1, 0.15) is 35.9 Å². The molecule has 0 bridgehead atoms. The van der Waals surface area contributed by atoms with Crippen molar-refractivity contribution in [3.63, 3.8) is 0 Å². The van der Waals surface area contributed by atoms with Crippen LogP contribution in [0.5, 0.6) is 0 Å². The van der Waals surface area contributed by atoms with E-state index >= 15 is 0 Å². The zero-order valence-electron chi connectivity index (χ0n) is 15.7. The minimum Gasteiger partial charge on any atom is -0.462 e. The zero-order valence-corrected chi connectivity index (χ0v) is 16.5. The molecule has 0 aliphatic carbocycles. The first-order valence-corrected chi connectivity index (χ1v) is 9.12. The van der Waals surface area contributed by atoms with Crippen molar-refractivity contribution in [1.29, 1.82) is 0 Å². The molecule has 3 aromatic rings. The van der Waals surface area contributed by atoms with Crippen molar-refractivity contribution < 1.29 is 14.3 Å². The number of halogens is 1. The summed E-state index contributed by atoms with van der Waals surface area (Å²) < 4.78 is 8.09. The standard InChI is InChI=1S/C19H20ClN5O3/c1-4-28-19(27)15-10-21-25(14-8-6-5-7-9-14)17(15)23-18(26)13(3)24-12(2)16(20)11-22-24/h5-11,13H,4H2,1-3H3,(H,23,26). The van der Waals surface area contributed by atoms with Gasteiger partial charge in [-0.25, -0.2) is 9.48 Å². The molecule has 0 radical (unpaired) electrons. The van der Waals surface area contributed by atoms with Gasteiger partial charge in [-0.2, -0.15) is 10.2 Å². The third-order valence-corrected chi connectivity index (χ3v) is 4.61. The smallest absolute Gasteiger partial charge is 0.343 e. The number of anilines is 1. The highest BCUT2D eigenvalue weighted by molar-refractivity contribution is 6.31. The van der Waals surface area contributed by atoms with Gasteiger partial charge in [-0.05, 0) is 32.9 Å². The van der Waals surface area contributed by atoms with Gasteiger partial charge in [0.05, 0.1) is 35.4 Å². The average Bonchev–Trinajstić information content (AvgIpc) is 3.26. The van der Waals surface area contributed by atoms with Crippen molar-refractivity contribution in [2.24, 2.45) is 0 Å². The summed E-state index contributed by atoms with van der Waals surface area (Å²) in [6, 6.07) is 8.52. The summed E-state index contributed by atoms with van der Waals surface area (Å²) in [6.45, 7) is 5.39. The molecule has 0 saturated heterocycles. The molecule has 9 heteroatoms. The molecule has 0 aliphatic rings. The Bertz CT molecular complexity index is 996. The van der Waals surface area contributed by atoms with Gasteiger partial charge in [0.1, 0.15) is 11.6 Å². The lowest BCUT2D eigenvalue weighted by Crippen LogP contribution is -2.27. The van der Waals surface area contributed by atoms with Gasteiger partial charge in [-0.15, -0.1) is 0 Å². The minimum atomic E-state index is -0.651. The molecule has 28 heavy (non-hydrogen) atoms. The Morgan fingerprint density at radius 2 is 1.93 bits per heavy atom. The molecular formula is C19H20ClN5O3. The third kappa shape index (κ3) is 3.77. The number of carbonyl (C=O) groups is 2. The molecule has 0 spiro atoms. The lowest BCUT2D eigenvalue weighted by atomic mass is 10.2. The van der Waals surface area contributed by atoms with Crippen LogP contribution in [0, 0.1) is 6.92 Å². The second-order valence-electron chi connectivity index (χ2n) is 6.06. The van der Waals surface area contributed by atoms with E-state index in [9.17, 15) is 9.59 Å². The van der Waals surface area contributed by atoms with Crippen LogP contribution in [0.25, 0.3) is 5.69 Å². The number of benzene rings is 1. The summed E-state index contributed by atoms with van der Waals surface area (Å²) in [5.41, 5.74) is 1.53. The lowest BCUT2D eigenvalue weighted by molar-refractivity contribution is -0.119. The van der Waals surface area contributed by atoms with Gasteiger partial charge in [0.25, 0.3) is 0 Å². The molecule has 0 aliphatic heterocycles. The minimum absolute atomic E-state index is 0.168. The highest BCUT2D eigenvalue weighted by Crippen LogP contribution is 2.24. The van der Waals surface area contributed by atoms with Crippen LogP contribution in [0.2, 0.25) is 5.02 Å². The van der Waals surface area contributed by atoms with Gasteiger partial charge in [0, 0.05) is 0 Å². The van der Waals surface area contributed by atoms with Crippen LogP contribution >= 0.6 is 11.6 Å². The number of nitrogens with one attached hydrogen (secondary N) is 1. The van der Waals surface area contributed by atoms with E-state index in [1.165, 1.54) is 21.8 Å². The molecule has 8 nitrogen and oxygen atoms in total. The van der Waals surface area contributed by atoms with Crippen molar-refractivity contribution in [1.82, 2.24) is 19.6 Å². The average molecular weight is 402 g/mol. The molecule has 146 valence electrons. The van der Waals surface area contributed by atoms with E-state index < -0.39 is 12.0 Å². The highest BCUT2D eigenvalue weighted by atomic mass is 35.5. The summed E-state index contributed by atoms with van der Waals surface area (Å²) in [7, 11) is 0. The molecule has 0 fully saturated rings. The SMILES string of the molecule is CCOC(=O)c1cnn(-c2ccccc2)c1NC(=O)C(C)n1ncc(Cl)c1C. The fourth-order valence-electron chi connectivity index (χ4n) is 2.72. The predicted molar refractivity (Wildman–Crippen MR) is 105 cm³/mol. The Kier molecular flexibility index (Phi) is 5.79. The molecule has 1 amide bonds. The van der Waals surface area contributed by atoms with Gasteiger partial charge in [-0.3, -0.25) is 9.48 Å². The number of hydrogen-bond acceptors (Lipinski definition) is 5. The van der Waals surface area contributed by atoms with Crippen LogP contribution in [0.4, 0.5) is 5.82 Å². The predicted octanol–water partition coefficient (Wildman–Crippen LogP) is 3.41. The Balaban J connectivity index is 1.97. The summed E-state index contributed by atoms with van der Waals surface area (Å²) >= 11 is 6.04. The summed E-state index contributed by atoms with van der Waals surface area (Å²) in [4.78, 5) is 25.2. The van der Waals surface area contributed by atoms with Crippen molar-refractivity contribution in [2.45, 2.75) is 26.8 Å². The first-order chi connectivity index (χ1) is 13.4. The van der Waals surface area contributed by atoms with Crippen LogP contribution in [-0.2, 0) is 9.53 Å². The van der Waals surface area contributed by atoms with E-state index in [1.54, 1.807) is 20.8 Å². The van der Waals surface area contributed by atoms with Crippen LogP contribution in [0.15, 0.2) is 42.7 Å². The fraction of sp³-hybridized carbons (Fsp3) is 0.263. The van der Waals surface area contributed by atoms with E-state index in [4.69, 9.17) is 16.3 Å². The quantitative estimate of drug-likeness (QED) is 0.639. The molecule has 0 saturated carbocycles. The van der Waals surface area contributed by atoms with E-state index in [2.05, 4.69) is 15.5 Å². The number of aromatic nitrogens is 4. The maximum Gasteiger partial charge on any atom is 0.343 e. The van der Waals surface area contributed by atoms with Gasteiger partial charge >= 0.3 is 5.97 Å². The van der Waals surface area contributed by atoms with Crippen LogP contribution in [-0.4, -0.2) is 38.0 Å². The van der Waals surface area contributed by atoms with E-state index in [1.807, 2.05) is 30.3 Å². The molecule has 1 aromatic carbocycles. The first-order valence-electron chi connectivity index (χ1n) is 8.75. The van der Waals surface area contributed by atoms with Gasteiger partial charge in [0.2, 0.25) is 5.91 Å². The summed E-state index contributed by atoms with van der Waals surface area (Å²) in [6.07, 6.45) is 2.86. The summed E-state index contributed by atoms with van der Waals surface area (Å²) in [5.74, 6) is -0.700. The second-order valence-corrected chi connectivity index (χ2v) is 6.47. The lowest BCUT2D eigenvalue weighted by Gasteiger charge is -2.16. The maximum absolute atomic E-state index is 12.9. The van der Waals surface area contributed by atoms with E-state index in [-0.39, 0.29) is 23.9 Å². The second kappa shape index (κ2) is 8.26. The van der Waals surface area contributed by atoms with E-state index in [0.717, 1.165) is 0 Å². The van der Waals surface area contributed by atoms with Gasteiger partial charge in [0.15, 0.2) is 5.82 Å². The van der Waals surface area contributed by atoms with E-state index in [0.29, 0.717) is 16.4 Å². The first kappa shape index (κ1) is 19.6. The number of nitrogens with zero attached hydrogens (tertiary/aromatic N) is 4. The Labute approximate surface area is 167 Å². The van der Waals surface area contributed by atoms with Crippen molar-refractivity contribution in [3.05, 3.63) is 59.0 Å². The summed E-state index contributed by atoms with van der Waals surface area (Å²) in [5, 5.41) is 11.7. The van der Waals surface area contributed by atoms with Crippen molar-refractivity contribution in [2.75, 3.05) is 11.9 Å². The molecule has 1 atom stereocenters. The Morgan fingerprint density at radius 1 is 1.21 bits per heavy atom. The molecule has 2 aromatic heterocycles. The number of carbonyl (C=O) groups excluding carboxylic acids is 2. The fourth-order valence-corrected chi connectivity index (χ4v) is 2.85. The van der Waals surface area contributed by atoms with Gasteiger partial charge < -0.3 is 10.1 Å². The highest BCUT2D eigenvalue weighted by Gasteiger charge is 2.25.